The van der Waals surface area contributed by atoms with E-state index in [4.69, 9.17) is 9.53 Å². The Morgan fingerprint density at radius 1 is 1.64 bits per heavy atom. The van der Waals surface area contributed by atoms with E-state index in [1.807, 2.05) is 0 Å². The molecule has 3 nitrogen and oxygen atoms in total. The summed E-state index contributed by atoms with van der Waals surface area (Å²) in [6.07, 6.45) is 3.73. The lowest BCUT2D eigenvalue weighted by molar-refractivity contribution is -0.132. The highest BCUT2D eigenvalue weighted by Crippen LogP contribution is 2.19. The Labute approximate surface area is 88.1 Å². The molecule has 4 heteroatoms. The Morgan fingerprint density at radius 3 is 2.71 bits per heavy atom. The lowest BCUT2D eigenvalue weighted by Crippen LogP contribution is -2.06. The molecule has 0 rings (SSSR count). The molecule has 0 aromatic rings. The molecule has 0 amide bonds. The van der Waals surface area contributed by atoms with Crippen LogP contribution in [0.3, 0.4) is 0 Å². The second kappa shape index (κ2) is 7.76. The predicted octanol–water partition coefficient (Wildman–Crippen LogP) is 1.73. The molecule has 0 aliphatic rings. The van der Waals surface area contributed by atoms with Crippen LogP contribution in [0.15, 0.2) is 12.2 Å². The summed E-state index contributed by atoms with van der Waals surface area (Å²) in [7, 11) is 1.35. The van der Waals surface area contributed by atoms with Crippen molar-refractivity contribution in [3.63, 3.8) is 0 Å². The Balaban J connectivity index is 3.60. The average Bonchev–Trinajstić information content (AvgIpc) is 2.16. The van der Waals surface area contributed by atoms with Crippen LogP contribution in [-0.2, 0) is 9.22 Å². The third-order valence-corrected chi connectivity index (χ3v) is 4.16. The summed E-state index contributed by atoms with van der Waals surface area (Å²) in [5, 5.41) is 8.59. The topological polar surface area (TPSA) is 46.5 Å². The van der Waals surface area contributed by atoms with Gasteiger partial charge in [0.05, 0.1) is 0 Å². The van der Waals surface area contributed by atoms with Gasteiger partial charge in [0.1, 0.15) is 0 Å². The summed E-state index contributed by atoms with van der Waals surface area (Å²) < 4.78 is 5.20. The van der Waals surface area contributed by atoms with Crippen LogP contribution in [0.2, 0.25) is 5.54 Å². The van der Waals surface area contributed by atoms with Gasteiger partial charge in [-0.1, -0.05) is 26.3 Å². The van der Waals surface area contributed by atoms with Crippen molar-refractivity contribution in [1.82, 2.24) is 0 Å². The van der Waals surface area contributed by atoms with E-state index in [-0.39, 0.29) is 0 Å². The van der Waals surface area contributed by atoms with E-state index in [9.17, 15) is 4.79 Å². The van der Waals surface area contributed by atoms with Crippen molar-refractivity contribution in [3.8, 4) is 0 Å². The third-order valence-electron chi connectivity index (χ3n) is 2.37. The first kappa shape index (κ1) is 13.4. The number of carboxylic acid groups (broad SMARTS) is 1. The number of rotatable bonds is 8. The molecule has 0 aromatic carbocycles. The van der Waals surface area contributed by atoms with Gasteiger partial charge in [0.2, 0.25) is 0 Å². The molecule has 14 heavy (non-hydrogen) atoms. The molecule has 0 aliphatic carbocycles. The largest absolute Gasteiger partial charge is 0.478 e. The smallest absolute Gasteiger partial charge is 0.330 e. The van der Waals surface area contributed by atoms with E-state index < -0.39 is 15.7 Å². The minimum Gasteiger partial charge on any atom is -0.478 e. The standard InChI is InChI=1S/C10H20O3Si/c1-4-9(14-13-3)7-5-6-8(2)10(11)12/h9H,2,4-7,14H2,1,3H3,(H,11,12). The fraction of sp³-hybridized carbons (Fsp3) is 0.700. The first-order valence-electron chi connectivity index (χ1n) is 5.01. The second-order valence-corrected chi connectivity index (χ2v) is 5.60. The monoisotopic (exact) mass is 216 g/mol. The first-order chi connectivity index (χ1) is 6.61. The Morgan fingerprint density at radius 2 is 2.29 bits per heavy atom. The number of carbonyl (C=O) groups is 1. The van der Waals surface area contributed by atoms with Crippen LogP contribution in [0.1, 0.15) is 32.6 Å². The summed E-state index contributed by atoms with van der Waals surface area (Å²) in [5.41, 5.74) is 1.00. The lowest BCUT2D eigenvalue weighted by Gasteiger charge is -2.12. The SMILES string of the molecule is C=C(CCCC(CC)[SiH2]OC)C(=O)O. The van der Waals surface area contributed by atoms with Gasteiger partial charge in [-0.3, -0.25) is 0 Å². The molecule has 1 N–H and O–H groups in total. The molecule has 0 fully saturated rings. The summed E-state index contributed by atoms with van der Waals surface area (Å²) in [6.45, 7) is 5.66. The van der Waals surface area contributed by atoms with Crippen molar-refractivity contribution in [1.29, 1.82) is 0 Å². The average molecular weight is 216 g/mol. The molecular weight excluding hydrogens is 196 g/mol. The number of hydrogen-bond acceptors (Lipinski definition) is 2. The van der Waals surface area contributed by atoms with Crippen molar-refractivity contribution in [2.45, 2.75) is 38.1 Å². The molecule has 0 saturated carbocycles. The maximum absolute atomic E-state index is 10.5. The van der Waals surface area contributed by atoms with Gasteiger partial charge in [-0.05, 0) is 18.4 Å². The highest BCUT2D eigenvalue weighted by molar-refractivity contribution is 6.29. The molecular formula is C10H20O3Si. The summed E-state index contributed by atoms with van der Waals surface area (Å²) >= 11 is 0. The van der Waals surface area contributed by atoms with Crippen molar-refractivity contribution in [2.75, 3.05) is 7.11 Å². The van der Waals surface area contributed by atoms with Gasteiger partial charge in [-0.25, -0.2) is 4.79 Å². The van der Waals surface area contributed by atoms with Gasteiger partial charge in [-0.15, -0.1) is 0 Å². The van der Waals surface area contributed by atoms with Crippen molar-refractivity contribution < 1.29 is 14.3 Å². The highest BCUT2D eigenvalue weighted by Gasteiger charge is 2.08. The van der Waals surface area contributed by atoms with Crippen LogP contribution < -0.4 is 0 Å². The van der Waals surface area contributed by atoms with Crippen LogP contribution in [0.4, 0.5) is 0 Å². The minimum atomic E-state index is -0.873. The van der Waals surface area contributed by atoms with Gasteiger partial charge < -0.3 is 9.53 Å². The van der Waals surface area contributed by atoms with Gasteiger partial charge >= 0.3 is 5.97 Å². The molecule has 0 aliphatic heterocycles. The minimum absolute atomic E-state index is 0.318. The summed E-state index contributed by atoms with van der Waals surface area (Å²) in [4.78, 5) is 10.5. The normalized spacial score (nSPS) is 13.3. The Bertz CT molecular complexity index is 192. The molecule has 0 aromatic heterocycles. The van der Waals surface area contributed by atoms with Gasteiger partial charge in [0.15, 0.2) is 9.76 Å². The Kier molecular flexibility index (Phi) is 7.42. The number of hydrogen-bond donors (Lipinski definition) is 1. The highest BCUT2D eigenvalue weighted by atomic mass is 28.2. The van der Waals surface area contributed by atoms with Crippen LogP contribution in [0, 0.1) is 0 Å². The van der Waals surface area contributed by atoms with Crippen molar-refractivity contribution in [3.05, 3.63) is 12.2 Å². The maximum Gasteiger partial charge on any atom is 0.330 e. The van der Waals surface area contributed by atoms with Crippen LogP contribution in [-0.4, -0.2) is 27.9 Å². The van der Waals surface area contributed by atoms with E-state index >= 15 is 0 Å². The first-order valence-corrected chi connectivity index (χ1v) is 6.41. The molecule has 0 radical (unpaired) electrons. The van der Waals surface area contributed by atoms with Crippen LogP contribution in [0.5, 0.6) is 0 Å². The second-order valence-electron chi connectivity index (χ2n) is 3.53. The summed E-state index contributed by atoms with van der Waals surface area (Å²) in [6, 6.07) is 0. The zero-order valence-corrected chi connectivity index (χ0v) is 10.5. The molecule has 0 saturated heterocycles. The zero-order chi connectivity index (χ0) is 11.0. The molecule has 1 unspecified atom stereocenters. The fourth-order valence-corrected chi connectivity index (χ4v) is 2.51. The van der Waals surface area contributed by atoms with E-state index in [1.165, 1.54) is 0 Å². The lowest BCUT2D eigenvalue weighted by atomic mass is 10.1. The van der Waals surface area contributed by atoms with Crippen LogP contribution >= 0.6 is 0 Å². The quantitative estimate of drug-likeness (QED) is 0.496. The van der Waals surface area contributed by atoms with E-state index in [1.54, 1.807) is 7.11 Å². The van der Waals surface area contributed by atoms with Crippen molar-refractivity contribution in [2.24, 2.45) is 0 Å². The van der Waals surface area contributed by atoms with Gasteiger partial charge in [0, 0.05) is 12.7 Å². The zero-order valence-electron chi connectivity index (χ0n) is 9.08. The molecule has 0 bridgehead atoms. The van der Waals surface area contributed by atoms with Crippen LogP contribution in [0.25, 0.3) is 0 Å². The molecule has 0 heterocycles. The Hall–Kier alpha value is -0.613. The van der Waals surface area contributed by atoms with Gasteiger partial charge in [-0.2, -0.15) is 0 Å². The van der Waals surface area contributed by atoms with Gasteiger partial charge in [0.25, 0.3) is 0 Å². The van der Waals surface area contributed by atoms with Crippen molar-refractivity contribution >= 4 is 15.7 Å². The summed E-state index contributed by atoms with van der Waals surface area (Å²) in [5.74, 6) is -0.873. The third kappa shape index (κ3) is 5.94. The molecule has 1 atom stereocenters. The van der Waals surface area contributed by atoms with E-state index in [0.717, 1.165) is 19.3 Å². The molecule has 82 valence electrons. The number of aliphatic carboxylic acids is 1. The molecule has 0 spiro atoms. The van der Waals surface area contributed by atoms with E-state index in [2.05, 4.69) is 13.5 Å². The predicted molar refractivity (Wildman–Crippen MR) is 60.2 cm³/mol. The number of carboxylic acids is 1. The maximum atomic E-state index is 10.5. The fourth-order valence-electron chi connectivity index (χ4n) is 1.35. The van der Waals surface area contributed by atoms with E-state index in [0.29, 0.717) is 17.5 Å².